The van der Waals surface area contributed by atoms with Gasteiger partial charge in [0.25, 0.3) is 0 Å². The molecule has 5 nitrogen and oxygen atoms in total. The molecule has 0 aromatic heterocycles. The molecule has 1 aromatic carbocycles. The largest absolute Gasteiger partial charge is 0.497 e. The first-order valence-electron chi connectivity index (χ1n) is 9.51. The van der Waals surface area contributed by atoms with Crippen LogP contribution in [0.2, 0.25) is 0 Å². The maximum absolute atomic E-state index is 6.34. The van der Waals surface area contributed by atoms with Gasteiger partial charge < -0.3 is 20.1 Å². The van der Waals surface area contributed by atoms with Gasteiger partial charge in [-0.25, -0.2) is 0 Å². The number of hydrogen-bond acceptors (Lipinski definition) is 3. The van der Waals surface area contributed by atoms with Crippen molar-refractivity contribution < 1.29 is 9.47 Å². The molecule has 25 heavy (non-hydrogen) atoms. The lowest BCUT2D eigenvalue weighted by Crippen LogP contribution is -2.41. The molecule has 1 aromatic rings. The Kier molecular flexibility index (Phi) is 6.19. The van der Waals surface area contributed by atoms with E-state index in [1.807, 2.05) is 12.1 Å². The van der Waals surface area contributed by atoms with Gasteiger partial charge in [0.05, 0.1) is 13.7 Å². The standard InChI is InChI=1S/C20H31N3O2/c1-24-18-8-6-17(7-9-18)20(10-14-25-15-11-20)16-22-19(21)23-12-4-2-3-5-13-23/h6-9H,2-5,10-16H2,1H3,(H2,21,22). The molecule has 2 heterocycles. The maximum Gasteiger partial charge on any atom is 0.191 e. The molecule has 0 radical (unpaired) electrons. The van der Waals surface area contributed by atoms with Gasteiger partial charge in [0.1, 0.15) is 5.75 Å². The number of guanidine groups is 1. The highest BCUT2D eigenvalue weighted by molar-refractivity contribution is 5.78. The summed E-state index contributed by atoms with van der Waals surface area (Å²) in [5, 5.41) is 0. The number of hydrogen-bond donors (Lipinski definition) is 1. The second-order valence-corrected chi connectivity index (χ2v) is 7.20. The molecule has 2 fully saturated rings. The summed E-state index contributed by atoms with van der Waals surface area (Å²) in [6, 6.07) is 8.41. The van der Waals surface area contributed by atoms with E-state index in [4.69, 9.17) is 20.2 Å². The van der Waals surface area contributed by atoms with Gasteiger partial charge in [0, 0.05) is 31.7 Å². The first-order valence-corrected chi connectivity index (χ1v) is 9.51. The summed E-state index contributed by atoms with van der Waals surface area (Å²) >= 11 is 0. The molecule has 138 valence electrons. The Morgan fingerprint density at radius 2 is 1.76 bits per heavy atom. The van der Waals surface area contributed by atoms with Gasteiger partial charge in [-0.05, 0) is 43.4 Å². The minimum absolute atomic E-state index is 0.0149. The molecule has 3 rings (SSSR count). The molecule has 0 atom stereocenters. The van der Waals surface area contributed by atoms with Gasteiger partial charge >= 0.3 is 0 Å². The Hall–Kier alpha value is -1.75. The molecule has 2 aliphatic heterocycles. The zero-order chi connectivity index (χ0) is 17.5. The number of rotatable bonds is 4. The van der Waals surface area contributed by atoms with Crippen LogP contribution in [0.4, 0.5) is 0 Å². The number of likely N-dealkylation sites (tertiary alicyclic amines) is 1. The van der Waals surface area contributed by atoms with Gasteiger partial charge in [0.15, 0.2) is 5.96 Å². The minimum atomic E-state index is 0.0149. The second kappa shape index (κ2) is 8.56. The Morgan fingerprint density at radius 1 is 1.12 bits per heavy atom. The topological polar surface area (TPSA) is 60.1 Å². The highest BCUT2D eigenvalue weighted by atomic mass is 16.5. The van der Waals surface area contributed by atoms with Crippen LogP contribution >= 0.6 is 0 Å². The average Bonchev–Trinajstić information content (AvgIpc) is 2.96. The Bertz CT molecular complexity index is 557. The molecule has 0 aliphatic carbocycles. The highest BCUT2D eigenvalue weighted by Crippen LogP contribution is 2.36. The lowest BCUT2D eigenvalue weighted by Gasteiger charge is -2.37. The Labute approximate surface area is 151 Å². The van der Waals surface area contributed by atoms with Crippen LogP contribution in [0.5, 0.6) is 5.75 Å². The molecule has 0 unspecified atom stereocenters. The van der Waals surface area contributed by atoms with Crippen molar-refractivity contribution in [3.05, 3.63) is 29.8 Å². The van der Waals surface area contributed by atoms with E-state index in [0.29, 0.717) is 5.96 Å². The molecule has 2 N–H and O–H groups in total. The van der Waals surface area contributed by atoms with Crippen molar-refractivity contribution in [2.75, 3.05) is 40.0 Å². The molecule has 2 saturated heterocycles. The lowest BCUT2D eigenvalue weighted by atomic mass is 9.74. The van der Waals surface area contributed by atoms with E-state index < -0.39 is 0 Å². The van der Waals surface area contributed by atoms with Crippen LogP contribution in [0.15, 0.2) is 29.3 Å². The van der Waals surface area contributed by atoms with Crippen molar-refractivity contribution in [3.63, 3.8) is 0 Å². The van der Waals surface area contributed by atoms with Crippen molar-refractivity contribution in [3.8, 4) is 5.75 Å². The van der Waals surface area contributed by atoms with Crippen LogP contribution in [0.25, 0.3) is 0 Å². The SMILES string of the molecule is COc1ccc(C2(CN=C(N)N3CCCCCC3)CCOCC2)cc1. The van der Waals surface area contributed by atoms with Gasteiger partial charge in [-0.3, -0.25) is 4.99 Å². The quantitative estimate of drug-likeness (QED) is 0.673. The molecular weight excluding hydrogens is 314 g/mol. The first-order chi connectivity index (χ1) is 12.2. The molecule has 0 spiro atoms. The van der Waals surface area contributed by atoms with Crippen LogP contribution < -0.4 is 10.5 Å². The highest BCUT2D eigenvalue weighted by Gasteiger charge is 2.34. The molecule has 0 bridgehead atoms. The second-order valence-electron chi connectivity index (χ2n) is 7.20. The Morgan fingerprint density at radius 3 is 2.36 bits per heavy atom. The Balaban J connectivity index is 1.76. The van der Waals surface area contributed by atoms with Crippen LogP contribution in [0.1, 0.15) is 44.1 Å². The maximum atomic E-state index is 6.34. The first kappa shape index (κ1) is 18.1. The summed E-state index contributed by atoms with van der Waals surface area (Å²) < 4.78 is 10.9. The predicted molar refractivity (Wildman–Crippen MR) is 101 cm³/mol. The van der Waals surface area contributed by atoms with Gasteiger partial charge in [-0.1, -0.05) is 25.0 Å². The minimum Gasteiger partial charge on any atom is -0.497 e. The number of methoxy groups -OCH3 is 1. The average molecular weight is 345 g/mol. The van der Waals surface area contributed by atoms with E-state index in [-0.39, 0.29) is 5.41 Å². The number of nitrogens with two attached hydrogens (primary N) is 1. The van der Waals surface area contributed by atoms with Gasteiger partial charge in [-0.15, -0.1) is 0 Å². The van der Waals surface area contributed by atoms with E-state index in [1.54, 1.807) is 7.11 Å². The third kappa shape index (κ3) is 4.46. The summed E-state index contributed by atoms with van der Waals surface area (Å²) in [6.07, 6.45) is 7.00. The van der Waals surface area contributed by atoms with Gasteiger partial charge in [-0.2, -0.15) is 0 Å². The molecule has 5 heteroatoms. The third-order valence-electron chi connectivity index (χ3n) is 5.63. The number of aliphatic imine (C=N–C) groups is 1. The van der Waals surface area contributed by atoms with Crippen molar-refractivity contribution in [1.29, 1.82) is 0 Å². The van der Waals surface area contributed by atoms with Crippen LogP contribution in [0, 0.1) is 0 Å². The fourth-order valence-corrected chi connectivity index (χ4v) is 3.88. The van der Waals surface area contributed by atoms with E-state index in [2.05, 4.69) is 17.0 Å². The monoisotopic (exact) mass is 345 g/mol. The third-order valence-corrected chi connectivity index (χ3v) is 5.63. The summed E-state index contributed by atoms with van der Waals surface area (Å²) in [6.45, 7) is 4.36. The molecule has 0 saturated carbocycles. The molecule has 2 aliphatic rings. The summed E-state index contributed by atoms with van der Waals surface area (Å²) in [5.74, 6) is 1.60. The number of benzene rings is 1. The van der Waals surface area contributed by atoms with Crippen molar-refractivity contribution in [2.24, 2.45) is 10.7 Å². The molecule has 0 amide bonds. The van der Waals surface area contributed by atoms with E-state index in [1.165, 1.54) is 31.2 Å². The fraction of sp³-hybridized carbons (Fsp3) is 0.650. The van der Waals surface area contributed by atoms with Crippen LogP contribution in [-0.2, 0) is 10.2 Å². The van der Waals surface area contributed by atoms with Crippen LogP contribution in [0.3, 0.4) is 0 Å². The zero-order valence-corrected chi connectivity index (χ0v) is 15.4. The van der Waals surface area contributed by atoms with Crippen molar-refractivity contribution in [1.82, 2.24) is 4.90 Å². The van der Waals surface area contributed by atoms with Crippen molar-refractivity contribution in [2.45, 2.75) is 43.9 Å². The van der Waals surface area contributed by atoms with E-state index in [0.717, 1.165) is 51.4 Å². The van der Waals surface area contributed by atoms with Crippen LogP contribution in [-0.4, -0.2) is 50.8 Å². The zero-order valence-electron chi connectivity index (χ0n) is 15.4. The molecular formula is C20H31N3O2. The summed E-state index contributed by atoms with van der Waals surface area (Å²) in [4.78, 5) is 7.10. The predicted octanol–water partition coefficient (Wildman–Crippen LogP) is 2.93. The normalized spacial score (nSPS) is 21.6. The van der Waals surface area contributed by atoms with Crippen molar-refractivity contribution >= 4 is 5.96 Å². The summed E-state index contributed by atoms with van der Waals surface area (Å²) in [5.41, 5.74) is 7.67. The number of ether oxygens (including phenoxy) is 2. The lowest BCUT2D eigenvalue weighted by molar-refractivity contribution is 0.0530. The van der Waals surface area contributed by atoms with E-state index in [9.17, 15) is 0 Å². The number of nitrogens with zero attached hydrogens (tertiary/aromatic N) is 2. The van der Waals surface area contributed by atoms with E-state index >= 15 is 0 Å². The van der Waals surface area contributed by atoms with Gasteiger partial charge in [0.2, 0.25) is 0 Å². The fourth-order valence-electron chi connectivity index (χ4n) is 3.88. The summed E-state index contributed by atoms with van der Waals surface area (Å²) in [7, 11) is 1.70. The smallest absolute Gasteiger partial charge is 0.191 e.